The number of carbonyl (C=O) groups is 1. The first kappa shape index (κ1) is 23.1. The molecule has 0 aliphatic rings. The van der Waals surface area contributed by atoms with Crippen LogP contribution in [-0.2, 0) is 14.8 Å². The SMILES string of the molecule is COc1cccc(OCCNC(=O)CN(c2ccc(F)cc2)S(=O)(=O)c2ccccc2)c1. The third-order valence-corrected chi connectivity index (χ3v) is 6.26. The zero-order valence-corrected chi connectivity index (χ0v) is 18.2. The molecule has 32 heavy (non-hydrogen) atoms. The van der Waals surface area contributed by atoms with E-state index in [1.165, 1.54) is 24.3 Å². The van der Waals surface area contributed by atoms with Crippen molar-refractivity contribution < 1.29 is 27.1 Å². The van der Waals surface area contributed by atoms with Crippen molar-refractivity contribution in [2.45, 2.75) is 4.90 Å². The third-order valence-electron chi connectivity index (χ3n) is 4.47. The molecular formula is C23H23FN2O5S. The molecule has 0 saturated carbocycles. The second-order valence-corrected chi connectivity index (χ2v) is 8.54. The van der Waals surface area contributed by atoms with Gasteiger partial charge < -0.3 is 14.8 Å². The average Bonchev–Trinajstić information content (AvgIpc) is 2.81. The van der Waals surface area contributed by atoms with Crippen molar-refractivity contribution in [3.63, 3.8) is 0 Å². The fourth-order valence-electron chi connectivity index (χ4n) is 2.88. The molecule has 0 saturated heterocycles. The summed E-state index contributed by atoms with van der Waals surface area (Å²) in [5, 5.41) is 2.64. The van der Waals surface area contributed by atoms with E-state index in [0.29, 0.717) is 11.5 Å². The van der Waals surface area contributed by atoms with Gasteiger partial charge in [0.15, 0.2) is 0 Å². The number of rotatable bonds is 10. The van der Waals surface area contributed by atoms with Gasteiger partial charge in [-0.15, -0.1) is 0 Å². The first-order chi connectivity index (χ1) is 15.4. The average molecular weight is 459 g/mol. The smallest absolute Gasteiger partial charge is 0.264 e. The van der Waals surface area contributed by atoms with Crippen LogP contribution in [0, 0.1) is 5.82 Å². The Morgan fingerprint density at radius 1 is 0.969 bits per heavy atom. The monoisotopic (exact) mass is 458 g/mol. The minimum atomic E-state index is -4.04. The molecule has 3 aromatic carbocycles. The van der Waals surface area contributed by atoms with Crippen molar-refractivity contribution in [1.82, 2.24) is 5.32 Å². The number of nitrogens with one attached hydrogen (secondary N) is 1. The van der Waals surface area contributed by atoms with Gasteiger partial charge in [0, 0.05) is 6.07 Å². The second kappa shape index (κ2) is 10.6. The fourth-order valence-corrected chi connectivity index (χ4v) is 4.32. The zero-order chi connectivity index (χ0) is 23.0. The molecule has 168 valence electrons. The number of hydrogen-bond donors (Lipinski definition) is 1. The van der Waals surface area contributed by atoms with E-state index in [1.54, 1.807) is 49.6 Å². The number of methoxy groups -OCH3 is 1. The Kier molecular flexibility index (Phi) is 7.67. The minimum absolute atomic E-state index is 0.0264. The van der Waals surface area contributed by atoms with Crippen molar-refractivity contribution >= 4 is 21.6 Å². The molecule has 3 rings (SSSR count). The lowest BCUT2D eigenvalue weighted by Gasteiger charge is -2.24. The Hall–Kier alpha value is -3.59. The number of hydrogen-bond acceptors (Lipinski definition) is 5. The van der Waals surface area contributed by atoms with Gasteiger partial charge in [0.05, 0.1) is 24.2 Å². The summed E-state index contributed by atoms with van der Waals surface area (Å²) in [6, 6.07) is 19.7. The number of amides is 1. The first-order valence-electron chi connectivity index (χ1n) is 9.77. The van der Waals surface area contributed by atoms with Crippen LogP contribution >= 0.6 is 0 Å². The number of sulfonamides is 1. The van der Waals surface area contributed by atoms with Gasteiger partial charge in [0.25, 0.3) is 10.0 Å². The lowest BCUT2D eigenvalue weighted by atomic mass is 10.3. The topological polar surface area (TPSA) is 84.9 Å². The number of carbonyl (C=O) groups excluding carboxylic acids is 1. The molecular weight excluding hydrogens is 435 g/mol. The minimum Gasteiger partial charge on any atom is -0.497 e. The summed E-state index contributed by atoms with van der Waals surface area (Å²) < 4.78 is 51.3. The summed E-state index contributed by atoms with van der Waals surface area (Å²) >= 11 is 0. The summed E-state index contributed by atoms with van der Waals surface area (Å²) in [5.74, 6) is 0.193. The Morgan fingerprint density at radius 3 is 2.34 bits per heavy atom. The maximum absolute atomic E-state index is 13.4. The molecule has 0 heterocycles. The first-order valence-corrected chi connectivity index (χ1v) is 11.2. The molecule has 9 heteroatoms. The van der Waals surface area contributed by atoms with Crippen molar-refractivity contribution in [3.8, 4) is 11.5 Å². The molecule has 0 aromatic heterocycles. The molecule has 1 N–H and O–H groups in total. The van der Waals surface area contributed by atoms with Crippen molar-refractivity contribution in [2.24, 2.45) is 0 Å². The van der Waals surface area contributed by atoms with E-state index in [4.69, 9.17) is 9.47 Å². The van der Waals surface area contributed by atoms with Crippen LogP contribution in [0.2, 0.25) is 0 Å². The van der Waals surface area contributed by atoms with Crippen molar-refractivity contribution in [1.29, 1.82) is 0 Å². The second-order valence-electron chi connectivity index (χ2n) is 6.68. The van der Waals surface area contributed by atoms with Crippen LogP contribution in [0.25, 0.3) is 0 Å². The number of benzene rings is 3. The molecule has 0 aliphatic heterocycles. The normalized spacial score (nSPS) is 10.9. The van der Waals surface area contributed by atoms with Gasteiger partial charge in [0.2, 0.25) is 5.91 Å². The van der Waals surface area contributed by atoms with Gasteiger partial charge in [-0.25, -0.2) is 12.8 Å². The van der Waals surface area contributed by atoms with Crippen LogP contribution in [0.3, 0.4) is 0 Å². The molecule has 0 fully saturated rings. The van der Waals surface area contributed by atoms with Crippen LogP contribution < -0.4 is 19.1 Å². The van der Waals surface area contributed by atoms with Crippen LogP contribution in [0.1, 0.15) is 0 Å². The molecule has 0 atom stereocenters. The van der Waals surface area contributed by atoms with Gasteiger partial charge in [-0.2, -0.15) is 0 Å². The highest BCUT2D eigenvalue weighted by atomic mass is 32.2. The Morgan fingerprint density at radius 2 is 1.66 bits per heavy atom. The number of anilines is 1. The van der Waals surface area contributed by atoms with E-state index >= 15 is 0 Å². The van der Waals surface area contributed by atoms with Gasteiger partial charge in [0.1, 0.15) is 30.5 Å². The highest BCUT2D eigenvalue weighted by Crippen LogP contribution is 2.23. The van der Waals surface area contributed by atoms with E-state index < -0.39 is 28.3 Å². The maximum atomic E-state index is 13.4. The third kappa shape index (κ3) is 5.98. The molecule has 0 radical (unpaired) electrons. The van der Waals surface area contributed by atoms with Gasteiger partial charge in [-0.1, -0.05) is 24.3 Å². The molecule has 0 aliphatic carbocycles. The van der Waals surface area contributed by atoms with E-state index in [9.17, 15) is 17.6 Å². The number of nitrogens with zero attached hydrogens (tertiary/aromatic N) is 1. The molecule has 1 amide bonds. The molecule has 3 aromatic rings. The fraction of sp³-hybridized carbons (Fsp3) is 0.174. The standard InChI is InChI=1S/C23H23FN2O5S/c1-30-20-6-5-7-21(16-20)31-15-14-25-23(27)17-26(19-12-10-18(24)11-13-19)32(28,29)22-8-3-2-4-9-22/h2-13,16H,14-15,17H2,1H3,(H,25,27). The quantitative estimate of drug-likeness (QED) is 0.472. The Labute approximate surface area is 186 Å². The van der Waals surface area contributed by atoms with E-state index in [0.717, 1.165) is 16.4 Å². The molecule has 0 bridgehead atoms. The van der Waals surface area contributed by atoms with Crippen LogP contribution in [0.4, 0.5) is 10.1 Å². The highest BCUT2D eigenvalue weighted by Gasteiger charge is 2.27. The van der Waals surface area contributed by atoms with Crippen LogP contribution in [0.15, 0.2) is 83.8 Å². The number of halogens is 1. The summed E-state index contributed by atoms with van der Waals surface area (Å²) in [4.78, 5) is 12.5. The van der Waals surface area contributed by atoms with Crippen molar-refractivity contribution in [2.75, 3.05) is 31.1 Å². The summed E-state index contributed by atoms with van der Waals surface area (Å²) in [6.45, 7) is -0.123. The lowest BCUT2D eigenvalue weighted by Crippen LogP contribution is -2.41. The Bertz CT molecular complexity index is 1140. The molecule has 7 nitrogen and oxygen atoms in total. The van der Waals surface area contributed by atoms with Crippen LogP contribution in [-0.4, -0.2) is 41.1 Å². The molecule has 0 unspecified atom stereocenters. The predicted molar refractivity (Wildman–Crippen MR) is 119 cm³/mol. The lowest BCUT2D eigenvalue weighted by molar-refractivity contribution is -0.119. The summed E-state index contributed by atoms with van der Waals surface area (Å²) in [7, 11) is -2.49. The van der Waals surface area contributed by atoms with Gasteiger partial charge in [-0.05, 0) is 48.5 Å². The molecule has 0 spiro atoms. The van der Waals surface area contributed by atoms with Gasteiger partial charge in [-0.3, -0.25) is 9.10 Å². The van der Waals surface area contributed by atoms with E-state index in [1.807, 2.05) is 0 Å². The zero-order valence-electron chi connectivity index (χ0n) is 17.4. The highest BCUT2D eigenvalue weighted by molar-refractivity contribution is 7.92. The van der Waals surface area contributed by atoms with E-state index in [-0.39, 0.29) is 23.7 Å². The summed E-state index contributed by atoms with van der Waals surface area (Å²) in [5.41, 5.74) is 0.179. The number of ether oxygens (including phenoxy) is 2. The van der Waals surface area contributed by atoms with Crippen LogP contribution in [0.5, 0.6) is 11.5 Å². The summed E-state index contributed by atoms with van der Waals surface area (Å²) in [6.07, 6.45) is 0. The largest absolute Gasteiger partial charge is 0.497 e. The van der Waals surface area contributed by atoms with E-state index in [2.05, 4.69) is 5.32 Å². The van der Waals surface area contributed by atoms with Gasteiger partial charge >= 0.3 is 0 Å². The van der Waals surface area contributed by atoms with Crippen molar-refractivity contribution in [3.05, 3.63) is 84.7 Å². The predicted octanol–water partition coefficient (Wildman–Crippen LogP) is 3.22. The Balaban J connectivity index is 1.66. The maximum Gasteiger partial charge on any atom is 0.264 e.